The molecule has 0 radical (unpaired) electrons. The highest BCUT2D eigenvalue weighted by Crippen LogP contribution is 2.24. The molecule has 1 aromatic heterocycles. The van der Waals surface area contributed by atoms with Gasteiger partial charge in [-0.05, 0) is 37.3 Å². The van der Waals surface area contributed by atoms with Crippen LogP contribution >= 0.6 is 0 Å². The first-order chi connectivity index (χ1) is 18.9. The predicted molar refractivity (Wildman–Crippen MR) is 143 cm³/mol. The van der Waals surface area contributed by atoms with E-state index in [0.717, 1.165) is 31.2 Å². The lowest BCUT2D eigenvalue weighted by Crippen LogP contribution is -2.38. The number of hydrogen-bond acceptors (Lipinski definition) is 6. The van der Waals surface area contributed by atoms with E-state index in [4.69, 9.17) is 9.47 Å². The van der Waals surface area contributed by atoms with Crippen LogP contribution in [0, 0.1) is 5.82 Å². The molecule has 2 fully saturated rings. The molecule has 0 unspecified atom stereocenters. The topological polar surface area (TPSA) is 90.7 Å². The molecule has 2 aromatic carbocycles. The van der Waals surface area contributed by atoms with E-state index in [-0.39, 0.29) is 41.8 Å². The van der Waals surface area contributed by atoms with Gasteiger partial charge < -0.3 is 18.9 Å². The van der Waals surface area contributed by atoms with Gasteiger partial charge in [0.2, 0.25) is 20.9 Å². The summed E-state index contributed by atoms with van der Waals surface area (Å²) in [7, 11) is -3.99. The summed E-state index contributed by atoms with van der Waals surface area (Å²) in [5.74, 6) is -1.15. The number of hydrogen-bond donors (Lipinski definition) is 0. The maximum atomic E-state index is 14.3. The summed E-state index contributed by atoms with van der Waals surface area (Å²) >= 11 is 0. The van der Waals surface area contributed by atoms with Gasteiger partial charge in [-0.25, -0.2) is 17.8 Å². The van der Waals surface area contributed by atoms with Gasteiger partial charge >= 0.3 is 0 Å². The highest BCUT2D eigenvalue weighted by molar-refractivity contribution is 7.90. The van der Waals surface area contributed by atoms with Gasteiger partial charge in [-0.1, -0.05) is 48.5 Å². The third kappa shape index (κ3) is 6.93. The second-order valence-electron chi connectivity index (χ2n) is 10.2. The van der Waals surface area contributed by atoms with Crippen LogP contribution in [-0.4, -0.2) is 60.7 Å². The highest BCUT2D eigenvalue weighted by Gasteiger charge is 2.30. The molecular formula is C29H34FN3O5S. The van der Waals surface area contributed by atoms with E-state index in [1.165, 1.54) is 24.4 Å². The quantitative estimate of drug-likeness (QED) is 0.356. The van der Waals surface area contributed by atoms with Gasteiger partial charge in [-0.15, -0.1) is 0 Å². The maximum Gasteiger partial charge on any atom is 0.228 e. The number of aromatic nitrogens is 2. The third-order valence-electron chi connectivity index (χ3n) is 7.25. The van der Waals surface area contributed by atoms with Gasteiger partial charge in [0.15, 0.2) is 0 Å². The molecule has 208 valence electrons. The minimum absolute atomic E-state index is 0.0662. The second-order valence-corrected chi connectivity index (χ2v) is 12.1. The Labute approximate surface area is 228 Å². The van der Waals surface area contributed by atoms with Crippen LogP contribution in [0.15, 0.2) is 66.0 Å². The Balaban J connectivity index is 1.44. The molecule has 0 aliphatic carbocycles. The fourth-order valence-corrected chi connectivity index (χ4v) is 6.72. The van der Waals surface area contributed by atoms with Crippen molar-refractivity contribution >= 4 is 15.7 Å². The Bertz CT molecular complexity index is 1370. The van der Waals surface area contributed by atoms with Crippen molar-refractivity contribution in [3.05, 3.63) is 83.4 Å². The van der Waals surface area contributed by atoms with E-state index >= 15 is 0 Å². The molecule has 3 heterocycles. The summed E-state index contributed by atoms with van der Waals surface area (Å²) < 4.78 is 54.6. The van der Waals surface area contributed by atoms with Gasteiger partial charge in [-0.2, -0.15) is 0 Å². The van der Waals surface area contributed by atoms with Crippen LogP contribution < -0.4 is 0 Å². The standard InChI is InChI=1S/C29H34FN3O5S/c30-27-13-5-4-10-23(27)21-39(35,36)29-31-17-24(33(29)20-26-12-7-15-38-26)18-32(19-25-11-6-14-37-25)28(34)16-22-8-2-1-3-9-22/h1-5,8-10,13,17,25-26H,6-7,11-12,14-16,18-21H2/t25-,26-/m1/s1. The lowest BCUT2D eigenvalue weighted by molar-refractivity contribution is -0.132. The average Bonchev–Trinajstić information content (AvgIpc) is 3.70. The van der Waals surface area contributed by atoms with E-state index in [1.54, 1.807) is 15.5 Å². The van der Waals surface area contributed by atoms with Crippen LogP contribution in [0.25, 0.3) is 0 Å². The summed E-state index contributed by atoms with van der Waals surface area (Å²) in [6.45, 7) is 2.17. The molecule has 1 amide bonds. The number of ether oxygens (including phenoxy) is 2. The van der Waals surface area contributed by atoms with Crippen LogP contribution in [0.5, 0.6) is 0 Å². The zero-order valence-electron chi connectivity index (χ0n) is 21.9. The third-order valence-corrected chi connectivity index (χ3v) is 8.82. The van der Waals surface area contributed by atoms with E-state index < -0.39 is 21.4 Å². The summed E-state index contributed by atoms with van der Waals surface area (Å²) in [4.78, 5) is 19.5. The molecule has 2 atom stereocenters. The van der Waals surface area contributed by atoms with Crippen LogP contribution in [0.1, 0.15) is 42.5 Å². The van der Waals surface area contributed by atoms with Crippen LogP contribution in [-0.2, 0) is 49.4 Å². The van der Waals surface area contributed by atoms with Gasteiger partial charge in [0.25, 0.3) is 0 Å². The van der Waals surface area contributed by atoms with Crippen LogP contribution in [0.4, 0.5) is 4.39 Å². The number of carbonyl (C=O) groups is 1. The van der Waals surface area contributed by atoms with Crippen LogP contribution in [0.2, 0.25) is 0 Å². The molecule has 2 aliphatic heterocycles. The molecule has 2 saturated heterocycles. The first-order valence-electron chi connectivity index (χ1n) is 13.4. The zero-order chi connectivity index (χ0) is 27.2. The Morgan fingerprint density at radius 1 is 1.00 bits per heavy atom. The fraction of sp³-hybridized carbons (Fsp3) is 0.448. The van der Waals surface area contributed by atoms with Crippen molar-refractivity contribution in [2.45, 2.75) is 68.3 Å². The number of nitrogens with zero attached hydrogens (tertiary/aromatic N) is 3. The first-order valence-corrected chi connectivity index (χ1v) is 15.1. The number of benzene rings is 2. The Hall–Kier alpha value is -3.08. The molecule has 0 bridgehead atoms. The zero-order valence-corrected chi connectivity index (χ0v) is 22.7. The minimum Gasteiger partial charge on any atom is -0.376 e. The first kappa shape index (κ1) is 27.5. The summed E-state index contributed by atoms with van der Waals surface area (Å²) in [5.41, 5.74) is 1.58. The van der Waals surface area contributed by atoms with Crippen molar-refractivity contribution in [2.75, 3.05) is 19.8 Å². The minimum atomic E-state index is -3.99. The van der Waals surface area contributed by atoms with Gasteiger partial charge in [0, 0.05) is 25.3 Å². The lowest BCUT2D eigenvalue weighted by atomic mass is 10.1. The van der Waals surface area contributed by atoms with Crippen molar-refractivity contribution < 1.29 is 27.1 Å². The molecule has 0 spiro atoms. The molecule has 3 aromatic rings. The Kier molecular flexibility index (Phi) is 8.74. The van der Waals surface area contributed by atoms with Crippen LogP contribution in [0.3, 0.4) is 0 Å². The van der Waals surface area contributed by atoms with E-state index in [9.17, 15) is 17.6 Å². The smallest absolute Gasteiger partial charge is 0.228 e. The van der Waals surface area contributed by atoms with Gasteiger partial charge in [-0.3, -0.25) is 4.79 Å². The predicted octanol–water partition coefficient (Wildman–Crippen LogP) is 3.93. The Morgan fingerprint density at radius 2 is 1.69 bits per heavy atom. The van der Waals surface area contributed by atoms with Gasteiger partial charge in [0.1, 0.15) is 5.82 Å². The number of sulfone groups is 1. The monoisotopic (exact) mass is 555 g/mol. The van der Waals surface area contributed by atoms with Crippen molar-refractivity contribution in [1.82, 2.24) is 14.5 Å². The summed E-state index contributed by atoms with van der Waals surface area (Å²) in [6, 6.07) is 15.4. The van der Waals surface area contributed by atoms with Crippen molar-refractivity contribution in [1.29, 1.82) is 0 Å². The molecular weight excluding hydrogens is 521 g/mol. The Morgan fingerprint density at radius 3 is 2.38 bits per heavy atom. The highest BCUT2D eigenvalue weighted by atomic mass is 32.2. The summed E-state index contributed by atoms with van der Waals surface area (Å²) in [6.07, 6.45) is 5.03. The SMILES string of the molecule is O=C(Cc1ccccc1)N(Cc1cnc(S(=O)(=O)Cc2ccccc2F)n1C[C@H]1CCCO1)C[C@H]1CCCO1. The maximum absolute atomic E-state index is 14.3. The largest absolute Gasteiger partial charge is 0.376 e. The number of halogens is 1. The van der Waals surface area contributed by atoms with Crippen molar-refractivity contribution in [2.24, 2.45) is 0 Å². The molecule has 8 nitrogen and oxygen atoms in total. The molecule has 10 heteroatoms. The molecule has 0 saturated carbocycles. The number of amides is 1. The summed E-state index contributed by atoms with van der Waals surface area (Å²) in [5, 5.41) is -0.135. The van der Waals surface area contributed by atoms with Crippen molar-refractivity contribution in [3.8, 4) is 0 Å². The fourth-order valence-electron chi connectivity index (χ4n) is 5.20. The second kappa shape index (κ2) is 12.4. The molecule has 2 aliphatic rings. The van der Waals surface area contributed by atoms with E-state index in [1.807, 2.05) is 30.3 Å². The van der Waals surface area contributed by atoms with Gasteiger partial charge in [0.05, 0.1) is 49.4 Å². The van der Waals surface area contributed by atoms with E-state index in [2.05, 4.69) is 4.98 Å². The molecule has 5 rings (SSSR count). The van der Waals surface area contributed by atoms with E-state index in [0.29, 0.717) is 32.0 Å². The number of carbonyl (C=O) groups excluding carboxylic acids is 1. The normalized spacial score (nSPS) is 19.4. The molecule has 0 N–H and O–H groups in total. The van der Waals surface area contributed by atoms with Crippen molar-refractivity contribution in [3.63, 3.8) is 0 Å². The number of rotatable bonds is 11. The average molecular weight is 556 g/mol. The lowest BCUT2D eigenvalue weighted by Gasteiger charge is -2.27. The molecule has 39 heavy (non-hydrogen) atoms. The number of imidazole rings is 1.